The summed E-state index contributed by atoms with van der Waals surface area (Å²) >= 11 is 0. The number of halogens is 1. The predicted octanol–water partition coefficient (Wildman–Crippen LogP) is 6.28. The van der Waals surface area contributed by atoms with Gasteiger partial charge < -0.3 is 28.4 Å². The quantitative estimate of drug-likeness (QED) is 0.210. The highest BCUT2D eigenvalue weighted by molar-refractivity contribution is 6.01. The molecule has 0 fully saturated rings. The fourth-order valence-corrected chi connectivity index (χ4v) is 4.39. The van der Waals surface area contributed by atoms with E-state index in [1.165, 1.54) is 12.1 Å². The van der Waals surface area contributed by atoms with Gasteiger partial charge in [0.2, 0.25) is 6.79 Å². The molecule has 1 aromatic heterocycles. The second kappa shape index (κ2) is 10.3. The van der Waals surface area contributed by atoms with Gasteiger partial charge in [0, 0.05) is 23.0 Å². The second-order valence-electron chi connectivity index (χ2n) is 8.55. The van der Waals surface area contributed by atoms with E-state index < -0.39 is 0 Å². The Balaban J connectivity index is 1.49. The molecule has 2 heterocycles. The van der Waals surface area contributed by atoms with Gasteiger partial charge in [-0.25, -0.2) is 4.39 Å². The standard InChI is InChI=1S/C29H27FN2O5/c1-18(31-37-16-20-5-11-27-29(13-20)36-17-35-27)24-15-25(21-6-8-22(30)9-7-21)32(19(24)2)23-10-12-26(33-3)28(14-23)34-4/h5-15H,16-17H2,1-4H3/b31-18-. The molecule has 37 heavy (non-hydrogen) atoms. The number of oxime groups is 1. The minimum atomic E-state index is -0.292. The van der Waals surface area contributed by atoms with E-state index in [-0.39, 0.29) is 19.2 Å². The van der Waals surface area contributed by atoms with E-state index in [1.807, 2.05) is 56.3 Å². The van der Waals surface area contributed by atoms with Crippen LogP contribution in [0.15, 0.2) is 71.9 Å². The number of hydrogen-bond donors (Lipinski definition) is 0. The Kier molecular flexibility index (Phi) is 6.72. The molecule has 0 radical (unpaired) electrons. The maximum atomic E-state index is 13.7. The maximum absolute atomic E-state index is 13.7. The Morgan fingerprint density at radius 3 is 2.43 bits per heavy atom. The van der Waals surface area contributed by atoms with Crippen molar-refractivity contribution in [1.29, 1.82) is 0 Å². The average Bonchev–Trinajstić information content (AvgIpc) is 3.52. The first-order valence-corrected chi connectivity index (χ1v) is 11.7. The molecule has 0 unspecified atom stereocenters. The van der Waals surface area contributed by atoms with Gasteiger partial charge in [-0.05, 0) is 79.6 Å². The van der Waals surface area contributed by atoms with Gasteiger partial charge in [0.05, 0.1) is 25.6 Å². The molecule has 0 saturated heterocycles. The number of rotatable bonds is 8. The zero-order valence-corrected chi connectivity index (χ0v) is 21.1. The summed E-state index contributed by atoms with van der Waals surface area (Å²) in [7, 11) is 3.20. The van der Waals surface area contributed by atoms with Crippen molar-refractivity contribution in [2.75, 3.05) is 21.0 Å². The molecule has 8 heteroatoms. The Labute approximate surface area is 214 Å². The number of methoxy groups -OCH3 is 2. The molecule has 7 nitrogen and oxygen atoms in total. The molecule has 1 aliphatic heterocycles. The van der Waals surface area contributed by atoms with E-state index in [2.05, 4.69) is 9.72 Å². The molecular weight excluding hydrogens is 475 g/mol. The number of nitrogens with zero attached hydrogens (tertiary/aromatic N) is 2. The Morgan fingerprint density at radius 1 is 0.919 bits per heavy atom. The monoisotopic (exact) mass is 502 g/mol. The third-order valence-corrected chi connectivity index (χ3v) is 6.27. The van der Waals surface area contributed by atoms with Crippen molar-refractivity contribution in [3.63, 3.8) is 0 Å². The van der Waals surface area contributed by atoms with Crippen molar-refractivity contribution >= 4 is 5.71 Å². The van der Waals surface area contributed by atoms with Gasteiger partial charge in [-0.15, -0.1) is 0 Å². The van der Waals surface area contributed by atoms with Gasteiger partial charge in [0.1, 0.15) is 12.4 Å². The van der Waals surface area contributed by atoms with Crippen molar-refractivity contribution in [3.8, 4) is 39.9 Å². The Bertz CT molecular complexity index is 1460. The minimum absolute atomic E-state index is 0.226. The molecule has 0 bridgehead atoms. The smallest absolute Gasteiger partial charge is 0.231 e. The van der Waals surface area contributed by atoms with Crippen LogP contribution < -0.4 is 18.9 Å². The number of benzene rings is 3. The van der Waals surface area contributed by atoms with E-state index in [9.17, 15) is 4.39 Å². The minimum Gasteiger partial charge on any atom is -0.493 e. The fourth-order valence-electron chi connectivity index (χ4n) is 4.39. The van der Waals surface area contributed by atoms with Gasteiger partial charge in [-0.1, -0.05) is 11.2 Å². The van der Waals surface area contributed by atoms with E-state index in [4.69, 9.17) is 23.8 Å². The summed E-state index contributed by atoms with van der Waals surface area (Å²) < 4.78 is 37.5. The lowest BCUT2D eigenvalue weighted by Gasteiger charge is -2.15. The van der Waals surface area contributed by atoms with Gasteiger partial charge in [-0.3, -0.25) is 0 Å². The van der Waals surface area contributed by atoms with Gasteiger partial charge >= 0.3 is 0 Å². The van der Waals surface area contributed by atoms with Crippen molar-refractivity contribution in [2.24, 2.45) is 5.16 Å². The predicted molar refractivity (Wildman–Crippen MR) is 139 cm³/mol. The van der Waals surface area contributed by atoms with E-state index >= 15 is 0 Å². The summed E-state index contributed by atoms with van der Waals surface area (Å²) in [5.74, 6) is 2.38. The summed E-state index contributed by atoms with van der Waals surface area (Å²) in [4.78, 5) is 5.69. The first-order valence-electron chi connectivity index (χ1n) is 11.7. The molecule has 0 amide bonds. The Morgan fingerprint density at radius 2 is 1.68 bits per heavy atom. The normalized spacial score (nSPS) is 12.5. The van der Waals surface area contributed by atoms with Crippen LogP contribution in [0.3, 0.4) is 0 Å². The van der Waals surface area contributed by atoms with Gasteiger partial charge in [0.15, 0.2) is 23.0 Å². The molecule has 0 spiro atoms. The second-order valence-corrected chi connectivity index (χ2v) is 8.55. The van der Waals surface area contributed by atoms with Crippen LogP contribution in [0.2, 0.25) is 0 Å². The van der Waals surface area contributed by atoms with Crippen LogP contribution in [0.5, 0.6) is 23.0 Å². The van der Waals surface area contributed by atoms with Crippen LogP contribution in [-0.4, -0.2) is 31.3 Å². The molecule has 0 saturated carbocycles. The van der Waals surface area contributed by atoms with Crippen LogP contribution in [0.25, 0.3) is 16.9 Å². The van der Waals surface area contributed by atoms with Crippen LogP contribution in [0.4, 0.5) is 4.39 Å². The third kappa shape index (κ3) is 4.82. The van der Waals surface area contributed by atoms with Crippen LogP contribution >= 0.6 is 0 Å². The zero-order valence-electron chi connectivity index (χ0n) is 21.1. The molecule has 1 aliphatic rings. The molecule has 3 aromatic carbocycles. The van der Waals surface area contributed by atoms with E-state index in [1.54, 1.807) is 26.4 Å². The molecule has 190 valence electrons. The van der Waals surface area contributed by atoms with Crippen LogP contribution in [0, 0.1) is 12.7 Å². The average molecular weight is 503 g/mol. The van der Waals surface area contributed by atoms with Gasteiger partial charge in [0.25, 0.3) is 0 Å². The number of aromatic nitrogens is 1. The zero-order chi connectivity index (χ0) is 25.9. The summed E-state index contributed by atoms with van der Waals surface area (Å²) in [6, 6.07) is 19.8. The highest BCUT2D eigenvalue weighted by atomic mass is 19.1. The largest absolute Gasteiger partial charge is 0.493 e. The number of hydrogen-bond acceptors (Lipinski definition) is 6. The Hall–Kier alpha value is -4.46. The summed E-state index contributed by atoms with van der Waals surface area (Å²) in [6.07, 6.45) is 0. The third-order valence-electron chi connectivity index (χ3n) is 6.27. The summed E-state index contributed by atoms with van der Waals surface area (Å²) in [5, 5.41) is 4.39. The van der Waals surface area contributed by atoms with E-state index in [0.717, 1.165) is 39.5 Å². The molecule has 0 atom stereocenters. The van der Waals surface area contributed by atoms with Crippen LogP contribution in [0.1, 0.15) is 23.7 Å². The summed E-state index contributed by atoms with van der Waals surface area (Å²) in [6.45, 7) is 4.42. The topological polar surface area (TPSA) is 63.4 Å². The highest BCUT2D eigenvalue weighted by Crippen LogP contribution is 2.35. The van der Waals surface area contributed by atoms with Crippen molar-refractivity contribution < 1.29 is 28.2 Å². The van der Waals surface area contributed by atoms with E-state index in [0.29, 0.717) is 23.0 Å². The molecule has 4 aromatic rings. The summed E-state index contributed by atoms with van der Waals surface area (Å²) in [5.41, 5.74) is 6.09. The lowest BCUT2D eigenvalue weighted by atomic mass is 10.1. The lowest BCUT2D eigenvalue weighted by molar-refractivity contribution is 0.130. The first-order chi connectivity index (χ1) is 18.0. The molecule has 0 N–H and O–H groups in total. The van der Waals surface area contributed by atoms with Gasteiger partial charge in [-0.2, -0.15) is 0 Å². The molecule has 0 aliphatic carbocycles. The number of fused-ring (bicyclic) bond motifs is 1. The van der Waals surface area contributed by atoms with Crippen molar-refractivity contribution in [2.45, 2.75) is 20.5 Å². The van der Waals surface area contributed by atoms with Crippen molar-refractivity contribution in [1.82, 2.24) is 4.57 Å². The fraction of sp³-hybridized carbons (Fsp3) is 0.207. The molecular formula is C29H27FN2O5. The molecule has 5 rings (SSSR count). The van der Waals surface area contributed by atoms with Crippen molar-refractivity contribution in [3.05, 3.63) is 89.4 Å². The lowest BCUT2D eigenvalue weighted by Crippen LogP contribution is -2.03. The first kappa shape index (κ1) is 24.2. The SMILES string of the molecule is COc1ccc(-n2c(-c3ccc(F)cc3)cc(/C(C)=N\OCc3ccc4c(c3)OCO4)c2C)cc1OC. The highest BCUT2D eigenvalue weighted by Gasteiger charge is 2.19. The number of ether oxygens (including phenoxy) is 4. The maximum Gasteiger partial charge on any atom is 0.231 e. The van der Waals surface area contributed by atoms with Crippen LogP contribution in [-0.2, 0) is 11.4 Å².